The van der Waals surface area contributed by atoms with E-state index in [0.717, 1.165) is 26.9 Å². The number of nitrogens with zero attached hydrogens (tertiary/aromatic N) is 1. The third-order valence-electron chi connectivity index (χ3n) is 3.63. The van der Waals surface area contributed by atoms with Gasteiger partial charge in [0.05, 0.1) is 11.6 Å². The van der Waals surface area contributed by atoms with Crippen molar-refractivity contribution in [1.82, 2.24) is 0 Å². The summed E-state index contributed by atoms with van der Waals surface area (Å²) in [5.41, 5.74) is 3.41. The average molecular weight is 399 g/mol. The van der Waals surface area contributed by atoms with Crippen LogP contribution in [-0.4, -0.2) is 0 Å². The van der Waals surface area contributed by atoms with Crippen molar-refractivity contribution >= 4 is 39.2 Å². The van der Waals surface area contributed by atoms with Crippen LogP contribution in [-0.2, 0) is 0 Å². The number of aryl methyl sites for hydroxylation is 1. The normalized spacial score (nSPS) is 11.3. The number of hydrogen-bond acceptors (Lipinski definition) is 2. The molecule has 0 aliphatic carbocycles. The van der Waals surface area contributed by atoms with E-state index in [2.05, 4.69) is 22.0 Å². The Morgan fingerprint density at radius 3 is 2.71 bits per heavy atom. The van der Waals surface area contributed by atoms with Crippen molar-refractivity contribution in [2.24, 2.45) is 0 Å². The fourth-order valence-electron chi connectivity index (χ4n) is 2.31. The number of halogens is 2. The Hall–Kier alpha value is -2.28. The maximum atomic E-state index is 9.41. The maximum Gasteiger partial charge on any atom is 0.134 e. The minimum Gasteiger partial charge on any atom is -0.457 e. The molecule has 0 bridgehead atoms. The second-order valence-corrected chi connectivity index (χ2v) is 6.64. The summed E-state index contributed by atoms with van der Waals surface area (Å²) in [6, 6.07) is 19.2. The molecule has 2 aromatic carbocycles. The quantitative estimate of drug-likeness (QED) is 0.458. The molecule has 3 rings (SSSR count). The van der Waals surface area contributed by atoms with E-state index >= 15 is 0 Å². The first-order valence-corrected chi connectivity index (χ1v) is 8.48. The number of allylic oxidation sites excluding steroid dienone is 1. The first kappa shape index (κ1) is 16.6. The van der Waals surface area contributed by atoms with Gasteiger partial charge in [-0.3, -0.25) is 0 Å². The molecule has 0 atom stereocenters. The number of nitriles is 1. The summed E-state index contributed by atoms with van der Waals surface area (Å²) in [6.45, 7) is 2.04. The lowest BCUT2D eigenvalue weighted by atomic mass is 10.1. The van der Waals surface area contributed by atoms with Gasteiger partial charge in [-0.05, 0) is 54.5 Å². The van der Waals surface area contributed by atoms with E-state index in [1.165, 1.54) is 0 Å². The summed E-state index contributed by atoms with van der Waals surface area (Å²) in [7, 11) is 0. The minimum atomic E-state index is 0.503. The Morgan fingerprint density at radius 2 is 2.00 bits per heavy atom. The zero-order chi connectivity index (χ0) is 17.1. The van der Waals surface area contributed by atoms with Crippen LogP contribution in [0.1, 0.15) is 16.9 Å². The van der Waals surface area contributed by atoms with E-state index < -0.39 is 0 Å². The zero-order valence-electron chi connectivity index (χ0n) is 12.9. The predicted molar refractivity (Wildman–Crippen MR) is 102 cm³/mol. The van der Waals surface area contributed by atoms with Crippen molar-refractivity contribution in [2.45, 2.75) is 6.92 Å². The molecule has 0 N–H and O–H groups in total. The average Bonchev–Trinajstić information content (AvgIpc) is 3.04. The van der Waals surface area contributed by atoms with Crippen molar-refractivity contribution in [3.05, 3.63) is 81.0 Å². The highest BCUT2D eigenvalue weighted by Gasteiger charge is 2.07. The van der Waals surface area contributed by atoms with E-state index in [4.69, 9.17) is 16.0 Å². The van der Waals surface area contributed by atoms with Crippen LogP contribution in [0, 0.1) is 18.3 Å². The third kappa shape index (κ3) is 3.62. The molecule has 0 aliphatic rings. The summed E-state index contributed by atoms with van der Waals surface area (Å²) in [5, 5.41) is 10.0. The third-order valence-corrected chi connectivity index (χ3v) is 4.72. The standard InChI is InChI=1S/C20H13BrClNO/c1-13-5-6-15(11-19(13)21)20-8-7-18(24-20)10-16(12-23)14-3-2-4-17(22)9-14/h2-11H,1H3/b16-10-. The summed E-state index contributed by atoms with van der Waals surface area (Å²) in [6.07, 6.45) is 1.72. The highest BCUT2D eigenvalue weighted by molar-refractivity contribution is 9.10. The molecule has 0 radical (unpaired) electrons. The molecule has 4 heteroatoms. The summed E-state index contributed by atoms with van der Waals surface area (Å²) < 4.78 is 6.90. The van der Waals surface area contributed by atoms with Gasteiger partial charge in [0.15, 0.2) is 0 Å². The summed E-state index contributed by atoms with van der Waals surface area (Å²) >= 11 is 9.53. The highest BCUT2D eigenvalue weighted by Crippen LogP contribution is 2.29. The molecule has 0 aliphatic heterocycles. The van der Waals surface area contributed by atoms with Crippen LogP contribution in [0.2, 0.25) is 5.02 Å². The lowest BCUT2D eigenvalue weighted by molar-refractivity contribution is 0.572. The van der Waals surface area contributed by atoms with Gasteiger partial charge in [0.2, 0.25) is 0 Å². The predicted octanol–water partition coefficient (Wildman–Crippen LogP) is 6.74. The monoisotopic (exact) mass is 397 g/mol. The van der Waals surface area contributed by atoms with Crippen molar-refractivity contribution in [1.29, 1.82) is 5.26 Å². The van der Waals surface area contributed by atoms with Crippen molar-refractivity contribution in [3.8, 4) is 17.4 Å². The van der Waals surface area contributed by atoms with E-state index in [0.29, 0.717) is 16.4 Å². The van der Waals surface area contributed by atoms with Gasteiger partial charge in [-0.15, -0.1) is 0 Å². The summed E-state index contributed by atoms with van der Waals surface area (Å²) in [4.78, 5) is 0. The van der Waals surface area contributed by atoms with Gasteiger partial charge in [-0.2, -0.15) is 5.26 Å². The number of hydrogen-bond donors (Lipinski definition) is 0. The SMILES string of the molecule is Cc1ccc(-c2ccc(/C=C(/C#N)c3cccc(Cl)c3)o2)cc1Br. The molecule has 0 saturated heterocycles. The number of furan rings is 1. The van der Waals surface area contributed by atoms with Crippen LogP contribution in [0.5, 0.6) is 0 Å². The molecule has 2 nitrogen and oxygen atoms in total. The first-order valence-electron chi connectivity index (χ1n) is 7.31. The fraction of sp³-hybridized carbons (Fsp3) is 0.0500. The van der Waals surface area contributed by atoms with Gasteiger partial charge in [0.1, 0.15) is 11.5 Å². The number of benzene rings is 2. The minimum absolute atomic E-state index is 0.503. The molecule has 118 valence electrons. The van der Waals surface area contributed by atoms with Crippen LogP contribution in [0.3, 0.4) is 0 Å². The van der Waals surface area contributed by atoms with Crippen LogP contribution in [0.25, 0.3) is 23.0 Å². The Kier molecular flexibility index (Phi) is 4.89. The first-order chi connectivity index (χ1) is 11.6. The molecule has 0 saturated carbocycles. The Bertz CT molecular complexity index is 966. The van der Waals surface area contributed by atoms with Gasteiger partial charge < -0.3 is 4.42 Å². The van der Waals surface area contributed by atoms with E-state index in [1.54, 1.807) is 18.2 Å². The molecular weight excluding hydrogens is 386 g/mol. The second-order valence-electron chi connectivity index (χ2n) is 5.35. The van der Waals surface area contributed by atoms with E-state index in [9.17, 15) is 5.26 Å². The topological polar surface area (TPSA) is 36.9 Å². The number of rotatable bonds is 3. The van der Waals surface area contributed by atoms with Crippen LogP contribution in [0.15, 0.2) is 63.5 Å². The molecule has 1 heterocycles. The van der Waals surface area contributed by atoms with Crippen molar-refractivity contribution < 1.29 is 4.42 Å². The lowest BCUT2D eigenvalue weighted by Gasteiger charge is -2.01. The van der Waals surface area contributed by atoms with Gasteiger partial charge >= 0.3 is 0 Å². The van der Waals surface area contributed by atoms with Crippen LogP contribution < -0.4 is 0 Å². The van der Waals surface area contributed by atoms with E-state index in [1.807, 2.05) is 49.4 Å². The molecule has 0 fully saturated rings. The fourth-order valence-corrected chi connectivity index (χ4v) is 2.88. The molecule has 0 spiro atoms. The highest BCUT2D eigenvalue weighted by atomic mass is 79.9. The zero-order valence-corrected chi connectivity index (χ0v) is 15.2. The van der Waals surface area contributed by atoms with Crippen molar-refractivity contribution in [3.63, 3.8) is 0 Å². The Labute approximate surface area is 154 Å². The van der Waals surface area contributed by atoms with Crippen LogP contribution >= 0.6 is 27.5 Å². The second kappa shape index (κ2) is 7.09. The largest absolute Gasteiger partial charge is 0.457 e. The molecule has 1 aromatic heterocycles. The Balaban J connectivity index is 1.95. The molecular formula is C20H13BrClNO. The Morgan fingerprint density at radius 1 is 1.17 bits per heavy atom. The van der Waals surface area contributed by atoms with E-state index in [-0.39, 0.29) is 0 Å². The summed E-state index contributed by atoms with van der Waals surface area (Å²) in [5.74, 6) is 1.38. The van der Waals surface area contributed by atoms with Gasteiger partial charge in [0.25, 0.3) is 0 Å². The molecule has 0 unspecified atom stereocenters. The molecule has 3 aromatic rings. The van der Waals surface area contributed by atoms with Crippen LogP contribution in [0.4, 0.5) is 0 Å². The molecule has 0 amide bonds. The maximum absolute atomic E-state index is 9.41. The smallest absolute Gasteiger partial charge is 0.134 e. The van der Waals surface area contributed by atoms with Gasteiger partial charge in [-0.25, -0.2) is 0 Å². The van der Waals surface area contributed by atoms with Gasteiger partial charge in [-0.1, -0.05) is 51.8 Å². The lowest BCUT2D eigenvalue weighted by Crippen LogP contribution is -1.81. The molecule has 24 heavy (non-hydrogen) atoms. The van der Waals surface area contributed by atoms with Crippen molar-refractivity contribution in [2.75, 3.05) is 0 Å². The van der Waals surface area contributed by atoms with Gasteiger partial charge in [0, 0.05) is 15.1 Å².